The minimum Gasteiger partial charge on any atom is -0.381 e. The second kappa shape index (κ2) is 5.44. The van der Waals surface area contributed by atoms with Crippen molar-refractivity contribution < 1.29 is 4.74 Å². The van der Waals surface area contributed by atoms with E-state index in [9.17, 15) is 5.26 Å². The van der Waals surface area contributed by atoms with E-state index in [0.717, 1.165) is 32.4 Å². The fourth-order valence-corrected chi connectivity index (χ4v) is 2.59. The van der Waals surface area contributed by atoms with Gasteiger partial charge in [0, 0.05) is 31.1 Å². The molecule has 1 unspecified atom stereocenters. The van der Waals surface area contributed by atoms with E-state index in [1.807, 2.05) is 6.07 Å². The number of hydrogen-bond donors (Lipinski definition) is 1. The molecule has 0 saturated carbocycles. The highest BCUT2D eigenvalue weighted by Crippen LogP contribution is 2.21. The summed E-state index contributed by atoms with van der Waals surface area (Å²) in [5, 5.41) is 14.8. The monoisotopic (exact) mass is 236 g/mol. The summed E-state index contributed by atoms with van der Waals surface area (Å²) in [6.45, 7) is 2.25. The van der Waals surface area contributed by atoms with Crippen molar-refractivity contribution in [3.63, 3.8) is 0 Å². The molecule has 2 rings (SSSR count). The molecule has 0 bridgehead atoms. The van der Waals surface area contributed by atoms with Crippen LogP contribution < -0.4 is 5.32 Å². The summed E-state index contributed by atoms with van der Waals surface area (Å²) in [5.41, 5.74) is -0.388. The summed E-state index contributed by atoms with van der Waals surface area (Å²) < 4.78 is 5.40. The van der Waals surface area contributed by atoms with Crippen molar-refractivity contribution in [2.75, 3.05) is 13.2 Å². The zero-order valence-corrected chi connectivity index (χ0v) is 10.1. The maximum absolute atomic E-state index is 9.33. The van der Waals surface area contributed by atoms with Crippen LogP contribution in [0.3, 0.4) is 0 Å². The average molecular weight is 236 g/mol. The smallest absolute Gasteiger partial charge is 0.109 e. The predicted molar refractivity (Wildman–Crippen MR) is 64.2 cm³/mol. The first kappa shape index (κ1) is 11.6. The number of hydrogen-bond acceptors (Lipinski definition) is 4. The predicted octanol–water partition coefficient (Wildman–Crippen LogP) is 2.30. The quantitative estimate of drug-likeness (QED) is 0.876. The molecule has 1 atom stereocenters. The Labute approximate surface area is 100 Å². The van der Waals surface area contributed by atoms with Gasteiger partial charge in [-0.05, 0) is 24.3 Å². The number of nitrogens with zero attached hydrogens (tertiary/aromatic N) is 1. The zero-order chi connectivity index (χ0) is 11.3. The summed E-state index contributed by atoms with van der Waals surface area (Å²) >= 11 is 1.72. The number of nitrogens with one attached hydrogen (secondary N) is 1. The van der Waals surface area contributed by atoms with Crippen molar-refractivity contribution in [1.82, 2.24) is 5.32 Å². The van der Waals surface area contributed by atoms with Crippen LogP contribution in [0.1, 0.15) is 24.1 Å². The normalized spacial score (nSPS) is 25.9. The molecule has 1 fully saturated rings. The first-order valence-electron chi connectivity index (χ1n) is 5.61. The van der Waals surface area contributed by atoms with E-state index in [1.54, 1.807) is 11.3 Å². The number of rotatable bonds is 3. The Kier molecular flexibility index (Phi) is 3.94. The van der Waals surface area contributed by atoms with Gasteiger partial charge in [-0.25, -0.2) is 0 Å². The van der Waals surface area contributed by atoms with Gasteiger partial charge >= 0.3 is 0 Å². The first-order chi connectivity index (χ1) is 7.85. The Hall–Kier alpha value is -0.890. The van der Waals surface area contributed by atoms with Gasteiger partial charge in [0.1, 0.15) is 5.54 Å². The van der Waals surface area contributed by atoms with Crippen molar-refractivity contribution in [1.29, 1.82) is 5.26 Å². The van der Waals surface area contributed by atoms with E-state index in [2.05, 4.69) is 22.8 Å². The number of thiophene rings is 1. The van der Waals surface area contributed by atoms with Crippen LogP contribution in [0.25, 0.3) is 0 Å². The zero-order valence-electron chi connectivity index (χ0n) is 9.24. The molecule has 1 N–H and O–H groups in total. The lowest BCUT2D eigenvalue weighted by atomic mass is 9.92. The Morgan fingerprint density at radius 2 is 2.44 bits per heavy atom. The maximum atomic E-state index is 9.33. The SMILES string of the molecule is N#CC1(NCc2cccs2)CCCOCC1. The fraction of sp³-hybridized carbons (Fsp3) is 0.583. The van der Waals surface area contributed by atoms with Crippen molar-refractivity contribution in [2.24, 2.45) is 0 Å². The first-order valence-corrected chi connectivity index (χ1v) is 6.49. The van der Waals surface area contributed by atoms with E-state index >= 15 is 0 Å². The number of ether oxygens (including phenoxy) is 1. The van der Waals surface area contributed by atoms with Crippen LogP contribution in [0.4, 0.5) is 0 Å². The molecule has 1 aromatic heterocycles. The Morgan fingerprint density at radius 1 is 1.50 bits per heavy atom. The molecule has 16 heavy (non-hydrogen) atoms. The Balaban J connectivity index is 1.96. The van der Waals surface area contributed by atoms with E-state index in [-0.39, 0.29) is 5.54 Å². The third-order valence-corrected chi connectivity index (χ3v) is 3.84. The molecule has 0 aromatic carbocycles. The van der Waals surface area contributed by atoms with Gasteiger partial charge in [0.2, 0.25) is 0 Å². The van der Waals surface area contributed by atoms with Crippen molar-refractivity contribution in [2.45, 2.75) is 31.3 Å². The lowest BCUT2D eigenvalue weighted by molar-refractivity contribution is 0.140. The van der Waals surface area contributed by atoms with E-state index in [4.69, 9.17) is 4.74 Å². The second-order valence-corrected chi connectivity index (χ2v) is 5.12. The van der Waals surface area contributed by atoms with Gasteiger partial charge in [-0.2, -0.15) is 5.26 Å². The molecular formula is C12H16N2OS. The lowest BCUT2D eigenvalue weighted by Crippen LogP contribution is -2.43. The second-order valence-electron chi connectivity index (χ2n) is 4.09. The molecule has 1 aliphatic rings. The van der Waals surface area contributed by atoms with Crippen molar-refractivity contribution in [3.8, 4) is 6.07 Å². The van der Waals surface area contributed by atoms with Crippen LogP contribution in [0.2, 0.25) is 0 Å². The molecular weight excluding hydrogens is 220 g/mol. The summed E-state index contributed by atoms with van der Waals surface area (Å²) in [6.07, 6.45) is 2.63. The molecule has 3 nitrogen and oxygen atoms in total. The van der Waals surface area contributed by atoms with Gasteiger partial charge < -0.3 is 4.74 Å². The fourth-order valence-electron chi connectivity index (χ4n) is 1.95. The molecule has 0 aliphatic carbocycles. The highest BCUT2D eigenvalue weighted by Gasteiger charge is 2.30. The molecule has 1 saturated heterocycles. The summed E-state index contributed by atoms with van der Waals surface area (Å²) in [4.78, 5) is 1.28. The molecule has 2 heterocycles. The third-order valence-electron chi connectivity index (χ3n) is 2.96. The topological polar surface area (TPSA) is 45.0 Å². The van der Waals surface area contributed by atoms with Crippen LogP contribution in [0, 0.1) is 11.3 Å². The highest BCUT2D eigenvalue weighted by molar-refractivity contribution is 7.09. The minimum absolute atomic E-state index is 0.388. The molecule has 0 radical (unpaired) electrons. The van der Waals surface area contributed by atoms with Crippen molar-refractivity contribution >= 4 is 11.3 Å². The standard InChI is InChI=1S/C12H16N2OS/c13-10-12(4-2-6-15-7-5-12)14-9-11-3-1-8-16-11/h1,3,8,14H,2,4-7,9H2. The summed E-state index contributed by atoms with van der Waals surface area (Å²) in [7, 11) is 0. The third kappa shape index (κ3) is 2.82. The van der Waals surface area contributed by atoms with E-state index < -0.39 is 0 Å². The molecule has 0 spiro atoms. The molecule has 4 heteroatoms. The van der Waals surface area contributed by atoms with Gasteiger partial charge in [0.05, 0.1) is 6.07 Å². The van der Waals surface area contributed by atoms with Crippen LogP contribution in [0.5, 0.6) is 0 Å². The average Bonchev–Trinajstić information content (AvgIpc) is 2.72. The molecule has 0 amide bonds. The van der Waals surface area contributed by atoms with Crippen LogP contribution in [-0.4, -0.2) is 18.8 Å². The summed E-state index contributed by atoms with van der Waals surface area (Å²) in [6, 6.07) is 6.57. The maximum Gasteiger partial charge on any atom is 0.109 e. The summed E-state index contributed by atoms with van der Waals surface area (Å²) in [5.74, 6) is 0. The highest BCUT2D eigenvalue weighted by atomic mass is 32.1. The lowest BCUT2D eigenvalue weighted by Gasteiger charge is -2.25. The number of nitriles is 1. The van der Waals surface area contributed by atoms with E-state index in [0.29, 0.717) is 6.61 Å². The molecule has 1 aliphatic heterocycles. The van der Waals surface area contributed by atoms with Gasteiger partial charge in [0.25, 0.3) is 0 Å². The Bertz CT molecular complexity index is 348. The van der Waals surface area contributed by atoms with Crippen LogP contribution >= 0.6 is 11.3 Å². The molecule has 1 aromatic rings. The van der Waals surface area contributed by atoms with E-state index in [1.165, 1.54) is 4.88 Å². The minimum atomic E-state index is -0.388. The molecule has 86 valence electrons. The van der Waals surface area contributed by atoms with Crippen molar-refractivity contribution in [3.05, 3.63) is 22.4 Å². The van der Waals surface area contributed by atoms with Crippen LogP contribution in [-0.2, 0) is 11.3 Å². The Morgan fingerprint density at radius 3 is 3.19 bits per heavy atom. The van der Waals surface area contributed by atoms with Crippen LogP contribution in [0.15, 0.2) is 17.5 Å². The van der Waals surface area contributed by atoms with Gasteiger partial charge in [-0.15, -0.1) is 11.3 Å². The van der Waals surface area contributed by atoms with Gasteiger partial charge in [-0.3, -0.25) is 5.32 Å². The van der Waals surface area contributed by atoms with Gasteiger partial charge in [-0.1, -0.05) is 6.07 Å². The van der Waals surface area contributed by atoms with Gasteiger partial charge in [0.15, 0.2) is 0 Å². The largest absolute Gasteiger partial charge is 0.381 e.